The first-order valence-electron chi connectivity index (χ1n) is 7.97. The lowest BCUT2D eigenvalue weighted by molar-refractivity contribution is 0.301. The first kappa shape index (κ1) is 20.0. The van der Waals surface area contributed by atoms with Crippen LogP contribution in [0.15, 0.2) is 29.3 Å². The molecule has 1 aliphatic rings. The summed E-state index contributed by atoms with van der Waals surface area (Å²) in [6.07, 6.45) is 3.73. The molecule has 0 saturated carbocycles. The minimum absolute atomic E-state index is 0. The van der Waals surface area contributed by atoms with Gasteiger partial charge < -0.3 is 20.3 Å². The van der Waals surface area contributed by atoms with Crippen molar-refractivity contribution in [3.63, 3.8) is 0 Å². The summed E-state index contributed by atoms with van der Waals surface area (Å²) in [6, 6.07) is 8.38. The fourth-order valence-electron chi connectivity index (χ4n) is 2.80. The number of aliphatic imine (C=N–C) groups is 1. The lowest BCUT2D eigenvalue weighted by Crippen LogP contribution is -2.41. The Labute approximate surface area is 156 Å². The first-order chi connectivity index (χ1) is 10.6. The normalized spacial score (nSPS) is 16.9. The van der Waals surface area contributed by atoms with E-state index in [1.54, 1.807) is 7.11 Å². The van der Waals surface area contributed by atoms with E-state index in [0.717, 1.165) is 18.8 Å². The highest BCUT2D eigenvalue weighted by Gasteiger charge is 2.16. The number of rotatable bonds is 5. The van der Waals surface area contributed by atoms with Crippen LogP contribution in [0.1, 0.15) is 30.9 Å². The molecule has 1 atom stereocenters. The number of guanidine groups is 1. The molecule has 1 unspecified atom stereocenters. The molecular weight excluding hydrogens is 403 g/mol. The van der Waals surface area contributed by atoms with Gasteiger partial charge in [0.15, 0.2) is 5.96 Å². The lowest BCUT2D eigenvalue weighted by Gasteiger charge is -2.28. The zero-order chi connectivity index (χ0) is 15.9. The smallest absolute Gasteiger partial charge is 0.191 e. The van der Waals surface area contributed by atoms with Crippen LogP contribution in [0.2, 0.25) is 0 Å². The molecule has 130 valence electrons. The third-order valence-electron chi connectivity index (χ3n) is 4.23. The topological polar surface area (TPSA) is 54.1 Å². The number of likely N-dealkylation sites (tertiary alicyclic amines) is 1. The third kappa shape index (κ3) is 5.84. The van der Waals surface area contributed by atoms with Crippen LogP contribution >= 0.6 is 24.0 Å². The SMILES string of the molecule is COc1ccc(C(CN=C(N)N2CCCCC2)N(C)C)cc1.I. The van der Waals surface area contributed by atoms with Gasteiger partial charge >= 0.3 is 0 Å². The van der Waals surface area contributed by atoms with Crippen molar-refractivity contribution >= 4 is 29.9 Å². The van der Waals surface area contributed by atoms with Gasteiger partial charge in [-0.2, -0.15) is 0 Å². The molecule has 0 bridgehead atoms. The number of benzene rings is 1. The minimum Gasteiger partial charge on any atom is -0.497 e. The van der Waals surface area contributed by atoms with Crippen LogP contribution in [-0.2, 0) is 0 Å². The zero-order valence-corrected chi connectivity index (χ0v) is 16.7. The molecule has 1 aromatic carbocycles. The highest BCUT2D eigenvalue weighted by Crippen LogP contribution is 2.21. The summed E-state index contributed by atoms with van der Waals surface area (Å²) in [5.74, 6) is 1.55. The molecule has 1 heterocycles. The quantitative estimate of drug-likeness (QED) is 0.442. The molecule has 1 saturated heterocycles. The van der Waals surface area contributed by atoms with Crippen LogP contribution in [0.25, 0.3) is 0 Å². The van der Waals surface area contributed by atoms with Gasteiger partial charge in [-0.15, -0.1) is 24.0 Å². The fraction of sp³-hybridized carbons (Fsp3) is 0.588. The van der Waals surface area contributed by atoms with Crippen molar-refractivity contribution in [2.45, 2.75) is 25.3 Å². The Kier molecular flexibility index (Phi) is 8.68. The number of ether oxygens (including phenoxy) is 1. The third-order valence-corrected chi connectivity index (χ3v) is 4.23. The Morgan fingerprint density at radius 1 is 1.22 bits per heavy atom. The van der Waals surface area contributed by atoms with Crippen LogP contribution in [0.4, 0.5) is 0 Å². The van der Waals surface area contributed by atoms with Gasteiger partial charge in [-0.05, 0) is 51.1 Å². The number of hydrogen-bond donors (Lipinski definition) is 1. The molecular formula is C17H29IN4O. The van der Waals surface area contributed by atoms with Crippen molar-refractivity contribution in [1.29, 1.82) is 0 Å². The van der Waals surface area contributed by atoms with E-state index in [9.17, 15) is 0 Å². The van der Waals surface area contributed by atoms with Crippen molar-refractivity contribution in [1.82, 2.24) is 9.80 Å². The second-order valence-corrected chi connectivity index (χ2v) is 6.00. The van der Waals surface area contributed by atoms with Crippen LogP contribution in [-0.4, -0.2) is 56.6 Å². The van der Waals surface area contributed by atoms with E-state index in [4.69, 9.17) is 10.5 Å². The standard InChI is InChI=1S/C17H28N4O.HI/c1-20(2)16(14-7-9-15(22-3)10-8-14)13-19-17(18)21-11-5-4-6-12-21;/h7-10,16H,4-6,11-13H2,1-3H3,(H2,18,19);1H. The number of methoxy groups -OCH3 is 1. The van der Waals surface area contributed by atoms with E-state index in [1.165, 1.54) is 24.8 Å². The van der Waals surface area contributed by atoms with Gasteiger partial charge in [0.2, 0.25) is 0 Å². The number of hydrogen-bond acceptors (Lipinski definition) is 3. The highest BCUT2D eigenvalue weighted by molar-refractivity contribution is 14.0. The number of nitrogens with two attached hydrogens (primary N) is 1. The summed E-state index contributed by atoms with van der Waals surface area (Å²) in [4.78, 5) is 9.01. The molecule has 1 aliphatic heterocycles. The summed E-state index contributed by atoms with van der Waals surface area (Å²) in [7, 11) is 5.82. The molecule has 2 N–H and O–H groups in total. The van der Waals surface area contributed by atoms with Crippen LogP contribution in [0.3, 0.4) is 0 Å². The van der Waals surface area contributed by atoms with Crippen LogP contribution < -0.4 is 10.5 Å². The van der Waals surface area contributed by atoms with Crippen molar-refractivity contribution in [3.8, 4) is 5.75 Å². The molecule has 0 aliphatic carbocycles. The molecule has 0 spiro atoms. The summed E-state index contributed by atoms with van der Waals surface area (Å²) < 4.78 is 5.22. The van der Waals surface area contributed by atoms with E-state index in [0.29, 0.717) is 12.5 Å². The van der Waals surface area contributed by atoms with Gasteiger partial charge in [-0.3, -0.25) is 4.99 Å². The maximum atomic E-state index is 6.16. The summed E-state index contributed by atoms with van der Waals surface area (Å²) in [6.45, 7) is 2.73. The lowest BCUT2D eigenvalue weighted by atomic mass is 10.1. The van der Waals surface area contributed by atoms with Crippen molar-refractivity contribution < 1.29 is 4.74 Å². The fourth-order valence-corrected chi connectivity index (χ4v) is 2.80. The Morgan fingerprint density at radius 3 is 2.35 bits per heavy atom. The summed E-state index contributed by atoms with van der Waals surface area (Å²) in [5, 5.41) is 0. The van der Waals surface area contributed by atoms with Gasteiger partial charge in [-0.25, -0.2) is 0 Å². The Hall–Kier alpha value is -1.02. The molecule has 0 aromatic heterocycles. The maximum Gasteiger partial charge on any atom is 0.191 e. The average molecular weight is 432 g/mol. The van der Waals surface area contributed by atoms with Crippen molar-refractivity contribution in [2.75, 3.05) is 40.8 Å². The summed E-state index contributed by atoms with van der Waals surface area (Å²) >= 11 is 0. The van der Waals surface area contributed by atoms with E-state index in [-0.39, 0.29) is 30.0 Å². The van der Waals surface area contributed by atoms with Crippen molar-refractivity contribution in [2.24, 2.45) is 10.7 Å². The van der Waals surface area contributed by atoms with Gasteiger partial charge in [0.25, 0.3) is 0 Å². The zero-order valence-electron chi connectivity index (χ0n) is 14.4. The Balaban J connectivity index is 0.00000264. The largest absolute Gasteiger partial charge is 0.497 e. The minimum atomic E-state index is 0. The number of nitrogens with zero attached hydrogens (tertiary/aromatic N) is 3. The predicted octanol–water partition coefficient (Wildman–Crippen LogP) is 2.72. The van der Waals surface area contributed by atoms with Gasteiger partial charge in [-0.1, -0.05) is 12.1 Å². The molecule has 1 fully saturated rings. The second kappa shape index (κ2) is 9.97. The van der Waals surface area contributed by atoms with E-state index < -0.39 is 0 Å². The highest BCUT2D eigenvalue weighted by atomic mass is 127. The molecule has 23 heavy (non-hydrogen) atoms. The molecule has 0 radical (unpaired) electrons. The molecule has 5 nitrogen and oxygen atoms in total. The molecule has 2 rings (SSSR count). The van der Waals surface area contributed by atoms with Crippen LogP contribution in [0, 0.1) is 0 Å². The summed E-state index contributed by atoms with van der Waals surface area (Å²) in [5.41, 5.74) is 7.38. The van der Waals surface area contributed by atoms with Crippen LogP contribution in [0.5, 0.6) is 5.75 Å². The Morgan fingerprint density at radius 2 is 1.83 bits per heavy atom. The van der Waals surface area contributed by atoms with E-state index in [2.05, 4.69) is 41.0 Å². The average Bonchev–Trinajstić information content (AvgIpc) is 2.56. The predicted molar refractivity (Wildman–Crippen MR) is 107 cm³/mol. The number of likely N-dealkylation sites (N-methyl/N-ethyl adjacent to an activating group) is 1. The first-order valence-corrected chi connectivity index (χ1v) is 7.97. The molecule has 0 amide bonds. The molecule has 6 heteroatoms. The van der Waals surface area contributed by atoms with E-state index >= 15 is 0 Å². The van der Waals surface area contributed by atoms with Gasteiger partial charge in [0.05, 0.1) is 19.7 Å². The molecule has 1 aromatic rings. The number of piperidine rings is 1. The Bertz CT molecular complexity index is 484. The van der Waals surface area contributed by atoms with Crippen molar-refractivity contribution in [3.05, 3.63) is 29.8 Å². The maximum absolute atomic E-state index is 6.16. The number of halogens is 1. The monoisotopic (exact) mass is 432 g/mol. The second-order valence-electron chi connectivity index (χ2n) is 6.00. The van der Waals surface area contributed by atoms with E-state index in [1.807, 2.05) is 12.1 Å². The van der Waals surface area contributed by atoms with Gasteiger partial charge in [0, 0.05) is 13.1 Å². The van der Waals surface area contributed by atoms with Gasteiger partial charge in [0.1, 0.15) is 5.75 Å².